The molecule has 1 aliphatic rings. The standard InChI is InChI=1S/C35H39N3O6S/c1-25-21-38(26(2)24-39)35(40)31-15-10-16-32(36-45(41,42)30-13-8-5-9-14-30)34(31)44-33(25)23-37(3)22-27-17-19-29(20-18-27)43-28-11-6-4-7-12-28/h4-20,25-26,33,36,39H,21-24H2,1-3H3/t25-,26+,33+/m1/s1. The Kier molecular flexibility index (Phi) is 10.1. The summed E-state index contributed by atoms with van der Waals surface area (Å²) in [6.45, 7) is 5.08. The van der Waals surface area contributed by atoms with E-state index in [-0.39, 0.29) is 40.3 Å². The van der Waals surface area contributed by atoms with Gasteiger partial charge in [0.25, 0.3) is 15.9 Å². The van der Waals surface area contributed by atoms with E-state index in [0.717, 1.165) is 17.1 Å². The monoisotopic (exact) mass is 629 g/mol. The lowest BCUT2D eigenvalue weighted by atomic mass is 9.99. The molecule has 1 heterocycles. The van der Waals surface area contributed by atoms with E-state index in [1.165, 1.54) is 12.1 Å². The van der Waals surface area contributed by atoms with Crippen LogP contribution < -0.4 is 14.2 Å². The molecular weight excluding hydrogens is 590 g/mol. The first-order valence-corrected chi connectivity index (χ1v) is 16.4. The van der Waals surface area contributed by atoms with Gasteiger partial charge in [-0.15, -0.1) is 0 Å². The Morgan fingerprint density at radius 3 is 2.27 bits per heavy atom. The summed E-state index contributed by atoms with van der Waals surface area (Å²) in [5.41, 5.74) is 1.49. The van der Waals surface area contributed by atoms with E-state index in [9.17, 15) is 18.3 Å². The number of anilines is 1. The minimum Gasteiger partial charge on any atom is -0.486 e. The first-order valence-electron chi connectivity index (χ1n) is 14.9. The van der Waals surface area contributed by atoms with Gasteiger partial charge >= 0.3 is 0 Å². The Hall–Kier alpha value is -4.38. The number of carbonyl (C=O) groups excluding carboxylic acids is 1. The Balaban J connectivity index is 1.39. The smallest absolute Gasteiger partial charge is 0.262 e. The number of aliphatic hydroxyl groups is 1. The largest absolute Gasteiger partial charge is 0.486 e. The number of carbonyl (C=O) groups is 1. The Bertz CT molecular complexity index is 1680. The molecule has 0 saturated carbocycles. The molecule has 10 heteroatoms. The molecule has 5 rings (SSSR count). The fourth-order valence-electron chi connectivity index (χ4n) is 5.32. The predicted molar refractivity (Wildman–Crippen MR) is 174 cm³/mol. The number of sulfonamides is 1. The second kappa shape index (κ2) is 14.2. The summed E-state index contributed by atoms with van der Waals surface area (Å²) in [6, 6.07) is 30.0. The highest BCUT2D eigenvalue weighted by Crippen LogP contribution is 2.36. The summed E-state index contributed by atoms with van der Waals surface area (Å²) >= 11 is 0. The molecule has 0 spiro atoms. The van der Waals surface area contributed by atoms with E-state index in [0.29, 0.717) is 19.6 Å². The van der Waals surface area contributed by atoms with Crippen molar-refractivity contribution in [3.8, 4) is 17.2 Å². The molecule has 4 aromatic rings. The quantitative estimate of drug-likeness (QED) is 0.221. The van der Waals surface area contributed by atoms with E-state index >= 15 is 0 Å². The number of nitrogens with zero attached hydrogens (tertiary/aromatic N) is 2. The number of para-hydroxylation sites is 2. The maximum atomic E-state index is 13.8. The van der Waals surface area contributed by atoms with Crippen molar-refractivity contribution in [2.75, 3.05) is 31.5 Å². The minimum absolute atomic E-state index is 0.0974. The zero-order valence-corrected chi connectivity index (χ0v) is 26.5. The van der Waals surface area contributed by atoms with Crippen LogP contribution in [0.4, 0.5) is 5.69 Å². The lowest BCUT2D eigenvalue weighted by Gasteiger charge is -2.38. The molecular formula is C35H39N3O6S. The summed E-state index contributed by atoms with van der Waals surface area (Å²) in [5.74, 6) is 1.22. The topological polar surface area (TPSA) is 108 Å². The molecule has 2 N–H and O–H groups in total. The van der Waals surface area contributed by atoms with Gasteiger partial charge in [0, 0.05) is 25.6 Å². The van der Waals surface area contributed by atoms with Crippen molar-refractivity contribution >= 4 is 21.6 Å². The third-order valence-electron chi connectivity index (χ3n) is 7.84. The van der Waals surface area contributed by atoms with Crippen molar-refractivity contribution in [1.29, 1.82) is 0 Å². The van der Waals surface area contributed by atoms with Crippen molar-refractivity contribution in [1.82, 2.24) is 9.80 Å². The van der Waals surface area contributed by atoms with E-state index in [1.807, 2.05) is 68.6 Å². The highest BCUT2D eigenvalue weighted by atomic mass is 32.2. The number of nitrogens with one attached hydrogen (secondary N) is 1. The highest BCUT2D eigenvalue weighted by molar-refractivity contribution is 7.92. The van der Waals surface area contributed by atoms with Crippen molar-refractivity contribution in [3.63, 3.8) is 0 Å². The number of fused-ring (bicyclic) bond motifs is 1. The molecule has 45 heavy (non-hydrogen) atoms. The molecule has 0 aliphatic carbocycles. The van der Waals surface area contributed by atoms with E-state index < -0.39 is 22.2 Å². The Morgan fingerprint density at radius 2 is 1.60 bits per heavy atom. The second-order valence-electron chi connectivity index (χ2n) is 11.5. The van der Waals surface area contributed by atoms with Gasteiger partial charge in [-0.2, -0.15) is 0 Å². The maximum absolute atomic E-state index is 13.8. The van der Waals surface area contributed by atoms with Crippen LogP contribution in [-0.4, -0.2) is 68.1 Å². The van der Waals surface area contributed by atoms with E-state index in [2.05, 4.69) is 9.62 Å². The zero-order chi connectivity index (χ0) is 32.0. The van der Waals surface area contributed by atoms with Gasteiger partial charge in [0.1, 0.15) is 17.6 Å². The average molecular weight is 630 g/mol. The molecule has 0 saturated heterocycles. The summed E-state index contributed by atoms with van der Waals surface area (Å²) in [5, 5.41) is 9.98. The zero-order valence-electron chi connectivity index (χ0n) is 25.7. The van der Waals surface area contributed by atoms with Gasteiger partial charge in [0.2, 0.25) is 0 Å². The third kappa shape index (κ3) is 7.83. The summed E-state index contributed by atoms with van der Waals surface area (Å²) < 4.78 is 41.7. The molecule has 9 nitrogen and oxygen atoms in total. The second-order valence-corrected chi connectivity index (χ2v) is 13.2. The number of benzene rings is 4. The molecule has 236 valence electrons. The van der Waals surface area contributed by atoms with E-state index in [1.54, 1.807) is 48.2 Å². The van der Waals surface area contributed by atoms with Gasteiger partial charge in [-0.25, -0.2) is 8.42 Å². The third-order valence-corrected chi connectivity index (χ3v) is 9.22. The molecule has 1 amide bonds. The number of amides is 1. The van der Waals surface area contributed by atoms with Crippen LogP contribution in [0.1, 0.15) is 29.8 Å². The lowest BCUT2D eigenvalue weighted by Crippen LogP contribution is -2.49. The Labute approximate surface area is 265 Å². The molecule has 3 atom stereocenters. The van der Waals surface area contributed by atoms with Gasteiger partial charge in [0.05, 0.1) is 28.8 Å². The van der Waals surface area contributed by atoms with Crippen LogP contribution in [0.25, 0.3) is 0 Å². The number of aliphatic hydroxyl groups excluding tert-OH is 1. The normalized spacial score (nSPS) is 17.5. The van der Waals surface area contributed by atoms with Crippen molar-refractivity contribution in [3.05, 3.63) is 114 Å². The highest BCUT2D eigenvalue weighted by Gasteiger charge is 2.35. The average Bonchev–Trinajstić information content (AvgIpc) is 3.04. The van der Waals surface area contributed by atoms with Crippen molar-refractivity contribution in [2.24, 2.45) is 5.92 Å². The number of likely N-dealkylation sites (N-methyl/N-ethyl adjacent to an activating group) is 1. The molecule has 0 unspecified atom stereocenters. The summed E-state index contributed by atoms with van der Waals surface area (Å²) in [7, 11) is -1.96. The van der Waals surface area contributed by atoms with Crippen LogP contribution in [0.2, 0.25) is 0 Å². The predicted octanol–water partition coefficient (Wildman–Crippen LogP) is 5.63. The molecule has 0 aromatic heterocycles. The van der Waals surface area contributed by atoms with Gasteiger partial charge in [0.15, 0.2) is 5.75 Å². The first-order chi connectivity index (χ1) is 21.6. The van der Waals surface area contributed by atoms with Gasteiger partial charge < -0.3 is 19.5 Å². The first kappa shape index (κ1) is 32.0. The fourth-order valence-corrected chi connectivity index (χ4v) is 6.40. The van der Waals surface area contributed by atoms with Crippen LogP contribution in [0.3, 0.4) is 0 Å². The molecule has 0 radical (unpaired) electrons. The van der Waals surface area contributed by atoms with Crippen molar-refractivity contribution < 1.29 is 27.8 Å². The van der Waals surface area contributed by atoms with Gasteiger partial charge in [-0.05, 0) is 68.1 Å². The van der Waals surface area contributed by atoms with Crippen LogP contribution in [0.5, 0.6) is 17.2 Å². The van der Waals surface area contributed by atoms with Gasteiger partial charge in [-0.3, -0.25) is 14.4 Å². The Morgan fingerprint density at radius 1 is 0.956 bits per heavy atom. The number of ether oxygens (including phenoxy) is 2. The van der Waals surface area contributed by atoms with Crippen LogP contribution in [0.15, 0.2) is 108 Å². The molecule has 1 aliphatic heterocycles. The van der Waals surface area contributed by atoms with E-state index in [4.69, 9.17) is 9.47 Å². The SMILES string of the molecule is C[C@@H]1CN([C@@H](C)CO)C(=O)c2cccc(NS(=O)(=O)c3ccccc3)c2O[C@H]1CN(C)Cc1ccc(Oc2ccccc2)cc1. The summed E-state index contributed by atoms with van der Waals surface area (Å²) in [4.78, 5) is 17.6. The number of hydrogen-bond donors (Lipinski definition) is 2. The number of rotatable bonds is 11. The number of hydrogen-bond acceptors (Lipinski definition) is 7. The molecule has 0 bridgehead atoms. The molecule has 0 fully saturated rings. The van der Waals surface area contributed by atoms with Crippen LogP contribution >= 0.6 is 0 Å². The van der Waals surface area contributed by atoms with Crippen LogP contribution in [0, 0.1) is 5.92 Å². The minimum atomic E-state index is -3.95. The molecule has 4 aromatic carbocycles. The lowest BCUT2D eigenvalue weighted by molar-refractivity contribution is 0.0344. The van der Waals surface area contributed by atoms with Gasteiger partial charge in [-0.1, -0.05) is 61.5 Å². The van der Waals surface area contributed by atoms with Crippen molar-refractivity contribution in [2.45, 2.75) is 37.4 Å². The fraction of sp³-hybridized carbons (Fsp3) is 0.286. The summed E-state index contributed by atoms with van der Waals surface area (Å²) in [6.07, 6.45) is -0.404. The van der Waals surface area contributed by atoms with Crippen LogP contribution in [-0.2, 0) is 16.6 Å². The maximum Gasteiger partial charge on any atom is 0.262 e.